The van der Waals surface area contributed by atoms with E-state index in [-0.39, 0.29) is 0 Å². The van der Waals surface area contributed by atoms with Crippen LogP contribution in [0.2, 0.25) is 0 Å². The molecule has 0 spiro atoms. The highest BCUT2D eigenvalue weighted by Gasteiger charge is 2.23. The van der Waals surface area contributed by atoms with Crippen LogP contribution in [0.15, 0.2) is 171 Å². The third-order valence-corrected chi connectivity index (χ3v) is 9.55. The lowest BCUT2D eigenvalue weighted by atomic mass is 9.92. The molecule has 0 radical (unpaired) electrons. The van der Waals surface area contributed by atoms with Gasteiger partial charge in [0.15, 0.2) is 8.30 Å². The van der Waals surface area contributed by atoms with Gasteiger partial charge in [0.1, 0.15) is 11.5 Å². The fourth-order valence-corrected chi connectivity index (χ4v) is 6.85. The van der Waals surface area contributed by atoms with Crippen molar-refractivity contribution in [1.29, 1.82) is 0 Å². The van der Waals surface area contributed by atoms with Gasteiger partial charge in [0.05, 0.1) is 0 Å². The van der Waals surface area contributed by atoms with Crippen molar-refractivity contribution in [3.8, 4) is 22.6 Å². The van der Waals surface area contributed by atoms with E-state index < -0.39 is 14.7 Å². The third-order valence-electron chi connectivity index (χ3n) is 8.17. The van der Waals surface area contributed by atoms with Crippen LogP contribution in [-0.2, 0) is 0 Å². The van der Waals surface area contributed by atoms with Gasteiger partial charge in [-0.15, -0.1) is 0 Å². The Balaban J connectivity index is 0.000000449. The summed E-state index contributed by atoms with van der Waals surface area (Å²) in [6.45, 7) is 7.90. The summed E-state index contributed by atoms with van der Waals surface area (Å²) < 4.78 is 20.0. The van der Waals surface area contributed by atoms with Gasteiger partial charge in [-0.1, -0.05) is 105 Å². The minimum atomic E-state index is -0.938. The number of nitrogens with zero attached hydrogens (tertiary/aromatic N) is 3. The van der Waals surface area contributed by atoms with Crippen LogP contribution in [0.3, 0.4) is 0 Å². The first-order valence-electron chi connectivity index (χ1n) is 16.5. The van der Waals surface area contributed by atoms with Crippen LogP contribution in [0, 0.1) is 0 Å². The van der Waals surface area contributed by atoms with E-state index in [1.807, 2.05) is 73.3 Å². The first kappa shape index (κ1) is 32.7. The molecule has 7 aromatic rings. The average Bonchev–Trinajstić information content (AvgIpc) is 3.95. The van der Waals surface area contributed by atoms with E-state index in [0.29, 0.717) is 0 Å². The van der Waals surface area contributed by atoms with E-state index in [1.165, 1.54) is 19.3 Å². The molecule has 6 heteroatoms. The molecule has 1 unspecified atom stereocenters. The lowest BCUT2D eigenvalue weighted by Gasteiger charge is -2.26. The molecular formula is C42H42N3O2P. The number of fused-ring (bicyclic) bond motifs is 2. The standard InChI is InChI=1S/C34H28N3O2P.C8H14/c1-40(37-24-10-11-25-37)39-31-19-17-27-13-3-5-15-29(27)33(31)32-28-14-4-2-12-26(28)16-18-30(32)38-34(35-20-6-7-21-35)36-22-8-9-23-36;1-3-5-7-8-6-4-2/h2-25,34H,1H3;3,5,7H,1,4,6,8H2,2H3/b;7-5-. The van der Waals surface area contributed by atoms with E-state index in [9.17, 15) is 0 Å². The summed E-state index contributed by atoms with van der Waals surface area (Å²) in [5, 5.41) is 4.53. The summed E-state index contributed by atoms with van der Waals surface area (Å²) in [7, 11) is -0.938. The molecule has 0 aliphatic rings. The van der Waals surface area contributed by atoms with E-state index in [1.54, 1.807) is 0 Å². The molecule has 0 aliphatic heterocycles. The second-order valence-corrected chi connectivity index (χ2v) is 13.0. The number of ether oxygens (including phenoxy) is 1. The molecule has 0 aliphatic carbocycles. The van der Waals surface area contributed by atoms with Gasteiger partial charge in [-0.25, -0.2) is 0 Å². The van der Waals surface area contributed by atoms with Crippen LogP contribution in [0.25, 0.3) is 32.7 Å². The first-order valence-corrected chi connectivity index (χ1v) is 18.1. The van der Waals surface area contributed by atoms with Gasteiger partial charge in [0.2, 0.25) is 0 Å². The highest BCUT2D eigenvalue weighted by molar-refractivity contribution is 7.50. The van der Waals surface area contributed by atoms with Crippen molar-refractivity contribution in [2.75, 3.05) is 6.66 Å². The highest BCUT2D eigenvalue weighted by atomic mass is 31.2. The van der Waals surface area contributed by atoms with Crippen molar-refractivity contribution in [2.45, 2.75) is 32.5 Å². The average molecular weight is 652 g/mol. The fraction of sp³-hybridized carbons (Fsp3) is 0.143. The van der Waals surface area contributed by atoms with Crippen molar-refractivity contribution >= 4 is 29.8 Å². The minimum Gasteiger partial charge on any atom is -0.452 e. The Bertz CT molecular complexity index is 2030. The second-order valence-electron chi connectivity index (χ2n) is 11.4. The third kappa shape index (κ3) is 7.48. The molecule has 0 N–H and O–H groups in total. The van der Waals surface area contributed by atoms with Crippen LogP contribution < -0.4 is 9.26 Å². The van der Waals surface area contributed by atoms with Crippen molar-refractivity contribution < 1.29 is 9.26 Å². The Morgan fingerprint density at radius 3 is 1.75 bits per heavy atom. The van der Waals surface area contributed by atoms with Gasteiger partial charge in [0, 0.05) is 55.0 Å². The monoisotopic (exact) mass is 651 g/mol. The van der Waals surface area contributed by atoms with E-state index >= 15 is 0 Å². The largest absolute Gasteiger partial charge is 0.452 e. The van der Waals surface area contributed by atoms with Gasteiger partial charge in [0.25, 0.3) is 6.35 Å². The van der Waals surface area contributed by atoms with Crippen LogP contribution in [0.4, 0.5) is 0 Å². The van der Waals surface area contributed by atoms with Crippen LogP contribution in [0.5, 0.6) is 11.5 Å². The lowest BCUT2D eigenvalue weighted by molar-refractivity contribution is 0.103. The minimum absolute atomic E-state index is 0.396. The second kappa shape index (κ2) is 16.0. The Labute approximate surface area is 284 Å². The van der Waals surface area contributed by atoms with Gasteiger partial charge < -0.3 is 22.7 Å². The van der Waals surface area contributed by atoms with E-state index in [0.717, 1.165) is 44.2 Å². The zero-order valence-corrected chi connectivity index (χ0v) is 28.5. The molecule has 242 valence electrons. The number of rotatable bonds is 12. The Hall–Kier alpha value is -5.25. The predicted molar refractivity (Wildman–Crippen MR) is 203 cm³/mol. The molecule has 0 amide bonds. The van der Waals surface area contributed by atoms with Crippen LogP contribution in [-0.4, -0.2) is 20.1 Å². The molecule has 0 bridgehead atoms. The molecule has 7 rings (SSSR count). The van der Waals surface area contributed by atoms with E-state index in [4.69, 9.17) is 9.26 Å². The summed E-state index contributed by atoms with van der Waals surface area (Å²) in [6.07, 6.45) is 21.6. The Morgan fingerprint density at radius 2 is 1.19 bits per heavy atom. The zero-order chi connectivity index (χ0) is 33.1. The van der Waals surface area contributed by atoms with Crippen molar-refractivity contribution in [1.82, 2.24) is 13.5 Å². The Morgan fingerprint density at radius 1 is 0.667 bits per heavy atom. The van der Waals surface area contributed by atoms with Crippen molar-refractivity contribution in [3.05, 3.63) is 171 Å². The van der Waals surface area contributed by atoms with Gasteiger partial charge in [-0.3, -0.25) is 0 Å². The van der Waals surface area contributed by atoms with Crippen molar-refractivity contribution in [3.63, 3.8) is 0 Å². The predicted octanol–water partition coefficient (Wildman–Crippen LogP) is 11.9. The molecule has 3 aromatic heterocycles. The number of unbranched alkanes of at least 4 members (excludes halogenated alkanes) is 2. The van der Waals surface area contributed by atoms with Crippen LogP contribution >= 0.6 is 8.30 Å². The summed E-state index contributed by atoms with van der Waals surface area (Å²) in [4.78, 5) is 0. The maximum Gasteiger partial charge on any atom is 0.260 e. The molecular weight excluding hydrogens is 609 g/mol. The van der Waals surface area contributed by atoms with Gasteiger partial charge >= 0.3 is 0 Å². The summed E-state index contributed by atoms with van der Waals surface area (Å²) in [6, 6.07) is 37.6. The van der Waals surface area contributed by atoms with Gasteiger partial charge in [-0.05, 0) is 76.5 Å². The summed E-state index contributed by atoms with van der Waals surface area (Å²) in [5.74, 6) is 1.62. The topological polar surface area (TPSA) is 33.2 Å². The SMILES string of the molecule is C=C/C=C\CCCC.CP(Oc1ccc2ccccc2c1-c1c(OC(n2cccc2)n2cccc2)ccc2ccccc12)n1cccc1. The fourth-order valence-electron chi connectivity index (χ4n) is 5.79. The number of benzene rings is 4. The number of hydrogen-bond donors (Lipinski definition) is 0. The molecule has 0 fully saturated rings. The van der Waals surface area contributed by atoms with Crippen LogP contribution in [0.1, 0.15) is 32.5 Å². The molecule has 3 heterocycles. The molecule has 4 aromatic carbocycles. The highest BCUT2D eigenvalue weighted by Crippen LogP contribution is 2.49. The van der Waals surface area contributed by atoms with Gasteiger partial charge in [-0.2, -0.15) is 0 Å². The molecule has 0 saturated heterocycles. The van der Waals surface area contributed by atoms with E-state index in [2.05, 4.69) is 125 Å². The molecule has 5 nitrogen and oxygen atoms in total. The number of hydrogen-bond acceptors (Lipinski definition) is 2. The molecule has 48 heavy (non-hydrogen) atoms. The van der Waals surface area contributed by atoms with Crippen molar-refractivity contribution in [2.24, 2.45) is 0 Å². The lowest BCUT2D eigenvalue weighted by Crippen LogP contribution is -2.22. The summed E-state index contributed by atoms with van der Waals surface area (Å²) >= 11 is 0. The number of aromatic nitrogens is 3. The maximum atomic E-state index is 6.95. The normalized spacial score (nSPS) is 11.9. The zero-order valence-electron chi connectivity index (χ0n) is 27.6. The first-order chi connectivity index (χ1) is 23.7. The smallest absolute Gasteiger partial charge is 0.260 e. The quantitative estimate of drug-likeness (QED) is 0.0748. The maximum absolute atomic E-state index is 6.95. The molecule has 0 saturated carbocycles. The Kier molecular flexibility index (Phi) is 10.9. The number of allylic oxidation sites excluding steroid dienone is 3. The summed E-state index contributed by atoms with van der Waals surface area (Å²) in [5.41, 5.74) is 2.05. The molecule has 1 atom stereocenters.